The van der Waals surface area contributed by atoms with Gasteiger partial charge in [0, 0.05) is 5.33 Å². The SMILES string of the molecule is CCOC(=O)Cc1cc(F)cc(CBr)c1C#N. The van der Waals surface area contributed by atoms with E-state index in [9.17, 15) is 9.18 Å². The molecule has 0 aliphatic rings. The van der Waals surface area contributed by atoms with Crippen LogP contribution in [0, 0.1) is 17.1 Å². The Hall–Kier alpha value is -1.41. The van der Waals surface area contributed by atoms with E-state index in [1.54, 1.807) is 6.92 Å². The summed E-state index contributed by atoms with van der Waals surface area (Å²) >= 11 is 3.18. The highest BCUT2D eigenvalue weighted by Gasteiger charge is 2.14. The van der Waals surface area contributed by atoms with E-state index in [-0.39, 0.29) is 13.0 Å². The van der Waals surface area contributed by atoms with Crippen LogP contribution in [0.2, 0.25) is 0 Å². The summed E-state index contributed by atoms with van der Waals surface area (Å²) in [4.78, 5) is 11.3. The van der Waals surface area contributed by atoms with Gasteiger partial charge in [0.05, 0.1) is 24.7 Å². The van der Waals surface area contributed by atoms with Crippen LogP contribution in [0.15, 0.2) is 12.1 Å². The highest BCUT2D eigenvalue weighted by Crippen LogP contribution is 2.20. The third kappa shape index (κ3) is 3.53. The van der Waals surface area contributed by atoms with Crippen LogP contribution in [0.3, 0.4) is 0 Å². The van der Waals surface area contributed by atoms with Gasteiger partial charge in [0.15, 0.2) is 0 Å². The van der Waals surface area contributed by atoms with Crippen LogP contribution in [0.1, 0.15) is 23.6 Å². The number of hydrogen-bond acceptors (Lipinski definition) is 3. The maximum Gasteiger partial charge on any atom is 0.310 e. The number of ether oxygens (including phenoxy) is 1. The van der Waals surface area contributed by atoms with E-state index in [1.807, 2.05) is 6.07 Å². The van der Waals surface area contributed by atoms with E-state index < -0.39 is 11.8 Å². The Morgan fingerprint density at radius 3 is 2.71 bits per heavy atom. The lowest BCUT2D eigenvalue weighted by Crippen LogP contribution is -2.10. The second-order valence-electron chi connectivity index (χ2n) is 3.33. The lowest BCUT2D eigenvalue weighted by atomic mass is 10.0. The second kappa shape index (κ2) is 6.36. The number of nitriles is 1. The number of carbonyl (C=O) groups excluding carboxylic acids is 1. The van der Waals surface area contributed by atoms with Gasteiger partial charge in [-0.1, -0.05) is 15.9 Å². The van der Waals surface area contributed by atoms with E-state index in [0.29, 0.717) is 22.0 Å². The Bertz CT molecular complexity index is 468. The van der Waals surface area contributed by atoms with Gasteiger partial charge in [0.25, 0.3) is 0 Å². The van der Waals surface area contributed by atoms with Crippen molar-refractivity contribution in [1.82, 2.24) is 0 Å². The molecule has 3 nitrogen and oxygen atoms in total. The van der Waals surface area contributed by atoms with Crippen LogP contribution < -0.4 is 0 Å². The first-order chi connectivity index (χ1) is 8.12. The fraction of sp³-hybridized carbons (Fsp3) is 0.333. The van der Waals surface area contributed by atoms with Gasteiger partial charge in [-0.25, -0.2) is 4.39 Å². The Kier molecular flexibility index (Phi) is 5.11. The zero-order valence-corrected chi connectivity index (χ0v) is 10.9. The van der Waals surface area contributed by atoms with Crippen LogP contribution in [0.5, 0.6) is 0 Å². The molecule has 1 rings (SSSR count). The van der Waals surface area contributed by atoms with E-state index in [4.69, 9.17) is 10.00 Å². The normalized spacial score (nSPS) is 9.76. The van der Waals surface area contributed by atoms with Gasteiger partial charge < -0.3 is 4.74 Å². The fourth-order valence-corrected chi connectivity index (χ4v) is 1.92. The van der Waals surface area contributed by atoms with Gasteiger partial charge in [0.1, 0.15) is 5.82 Å². The molecule has 0 unspecified atom stereocenters. The number of rotatable bonds is 4. The molecule has 0 spiro atoms. The van der Waals surface area contributed by atoms with Gasteiger partial charge in [-0.2, -0.15) is 5.26 Å². The largest absolute Gasteiger partial charge is 0.466 e. The van der Waals surface area contributed by atoms with Gasteiger partial charge in [-0.05, 0) is 30.2 Å². The summed E-state index contributed by atoms with van der Waals surface area (Å²) in [5, 5.41) is 9.38. The Morgan fingerprint density at radius 2 is 2.18 bits per heavy atom. The highest BCUT2D eigenvalue weighted by molar-refractivity contribution is 9.08. The number of esters is 1. The monoisotopic (exact) mass is 299 g/mol. The molecule has 0 aliphatic carbocycles. The summed E-state index contributed by atoms with van der Waals surface area (Å²) in [6, 6.07) is 4.46. The minimum Gasteiger partial charge on any atom is -0.466 e. The molecular formula is C12H11BrFNO2. The Labute approximate surface area is 107 Å². The molecule has 17 heavy (non-hydrogen) atoms. The van der Waals surface area contributed by atoms with E-state index >= 15 is 0 Å². The molecule has 0 saturated heterocycles. The van der Waals surface area contributed by atoms with Gasteiger partial charge in [-0.3, -0.25) is 4.79 Å². The summed E-state index contributed by atoms with van der Waals surface area (Å²) in [7, 11) is 0. The number of carbonyl (C=O) groups is 1. The van der Waals surface area contributed by atoms with Crippen molar-refractivity contribution in [2.24, 2.45) is 0 Å². The first kappa shape index (κ1) is 13.7. The van der Waals surface area contributed by atoms with Crippen molar-refractivity contribution >= 4 is 21.9 Å². The molecule has 0 amide bonds. The minimum atomic E-state index is -0.463. The molecule has 0 heterocycles. The molecule has 0 atom stereocenters. The minimum absolute atomic E-state index is 0.0888. The van der Waals surface area contributed by atoms with E-state index in [1.165, 1.54) is 12.1 Å². The van der Waals surface area contributed by atoms with Crippen molar-refractivity contribution in [3.8, 4) is 6.07 Å². The predicted octanol–water partition coefficient (Wildman–Crippen LogP) is 2.70. The lowest BCUT2D eigenvalue weighted by molar-refractivity contribution is -0.142. The Morgan fingerprint density at radius 1 is 1.53 bits per heavy atom. The van der Waals surface area contributed by atoms with E-state index in [0.717, 1.165) is 0 Å². The van der Waals surface area contributed by atoms with Crippen LogP contribution in [0.25, 0.3) is 0 Å². The second-order valence-corrected chi connectivity index (χ2v) is 3.89. The first-order valence-corrected chi connectivity index (χ1v) is 6.17. The maximum atomic E-state index is 13.3. The van der Waals surface area contributed by atoms with Crippen molar-refractivity contribution in [3.63, 3.8) is 0 Å². The molecule has 90 valence electrons. The van der Waals surface area contributed by atoms with Crippen molar-refractivity contribution in [1.29, 1.82) is 5.26 Å². The molecule has 0 fully saturated rings. The first-order valence-electron chi connectivity index (χ1n) is 5.05. The number of halogens is 2. The third-order valence-corrected chi connectivity index (χ3v) is 2.77. The average Bonchev–Trinajstić information content (AvgIpc) is 2.28. The van der Waals surface area contributed by atoms with Crippen molar-refractivity contribution in [2.75, 3.05) is 6.61 Å². The maximum absolute atomic E-state index is 13.3. The molecule has 0 saturated carbocycles. The molecule has 1 aromatic rings. The third-order valence-electron chi connectivity index (χ3n) is 2.16. The Balaban J connectivity index is 3.10. The molecule has 1 aromatic carbocycles. The summed E-state index contributed by atoms with van der Waals surface area (Å²) < 4.78 is 18.1. The fourth-order valence-electron chi connectivity index (χ4n) is 1.48. The summed E-state index contributed by atoms with van der Waals surface area (Å²) in [6.07, 6.45) is -0.0888. The highest BCUT2D eigenvalue weighted by atomic mass is 79.9. The lowest BCUT2D eigenvalue weighted by Gasteiger charge is -2.08. The predicted molar refractivity (Wildman–Crippen MR) is 64.1 cm³/mol. The molecule has 0 radical (unpaired) electrons. The van der Waals surface area contributed by atoms with Gasteiger partial charge in [-0.15, -0.1) is 0 Å². The van der Waals surface area contributed by atoms with Crippen molar-refractivity contribution in [3.05, 3.63) is 34.6 Å². The quantitative estimate of drug-likeness (QED) is 0.634. The topological polar surface area (TPSA) is 50.1 Å². The van der Waals surface area contributed by atoms with Crippen molar-refractivity contribution in [2.45, 2.75) is 18.7 Å². The zero-order valence-electron chi connectivity index (χ0n) is 9.30. The van der Waals surface area contributed by atoms with E-state index in [2.05, 4.69) is 15.9 Å². The van der Waals surface area contributed by atoms with Crippen LogP contribution >= 0.6 is 15.9 Å². The molecule has 0 aliphatic heterocycles. The summed E-state index contributed by atoms with van der Waals surface area (Å²) in [6.45, 7) is 1.96. The molecule has 0 N–H and O–H groups in total. The van der Waals surface area contributed by atoms with Gasteiger partial charge >= 0.3 is 5.97 Å². The molecule has 0 bridgehead atoms. The standard InChI is InChI=1S/C12H11BrFNO2/c1-2-17-12(16)5-8-3-10(14)4-9(6-13)11(8)7-15/h3-4H,2,5-6H2,1H3. The number of alkyl halides is 1. The average molecular weight is 300 g/mol. The summed E-state index contributed by atoms with van der Waals surface area (Å²) in [5.41, 5.74) is 1.23. The zero-order chi connectivity index (χ0) is 12.8. The number of benzene rings is 1. The van der Waals surface area contributed by atoms with Crippen LogP contribution in [-0.2, 0) is 21.3 Å². The number of nitrogens with zero attached hydrogens (tertiary/aromatic N) is 1. The molecule has 5 heteroatoms. The molecule has 0 aromatic heterocycles. The van der Waals surface area contributed by atoms with Crippen LogP contribution in [0.4, 0.5) is 4.39 Å². The van der Waals surface area contributed by atoms with Crippen LogP contribution in [-0.4, -0.2) is 12.6 Å². The van der Waals surface area contributed by atoms with Crippen molar-refractivity contribution < 1.29 is 13.9 Å². The summed E-state index contributed by atoms with van der Waals surface area (Å²) in [5.74, 6) is -0.923. The number of hydrogen-bond donors (Lipinski definition) is 0. The molecular weight excluding hydrogens is 289 g/mol. The van der Waals surface area contributed by atoms with Gasteiger partial charge in [0.2, 0.25) is 0 Å². The smallest absolute Gasteiger partial charge is 0.310 e.